The Bertz CT molecular complexity index is 553. The number of benzene rings is 1. The van der Waals surface area contributed by atoms with Crippen molar-refractivity contribution in [3.63, 3.8) is 0 Å². The van der Waals surface area contributed by atoms with Crippen LogP contribution in [0.2, 0.25) is 0 Å². The zero-order chi connectivity index (χ0) is 16.5. The molecule has 1 rings (SSSR count). The SMILES string of the molecule is CSCC[C@@H](NC(=O)c1ccccc1Br)C(=O)OCC(N)=O. The van der Waals surface area contributed by atoms with Gasteiger partial charge < -0.3 is 15.8 Å². The van der Waals surface area contributed by atoms with Crippen LogP contribution in [0.1, 0.15) is 16.8 Å². The van der Waals surface area contributed by atoms with Crippen molar-refractivity contribution in [2.75, 3.05) is 18.6 Å². The average molecular weight is 389 g/mol. The Kier molecular flexibility index (Phi) is 7.97. The van der Waals surface area contributed by atoms with E-state index in [1.165, 1.54) is 11.8 Å². The van der Waals surface area contributed by atoms with Gasteiger partial charge in [0.2, 0.25) is 0 Å². The lowest BCUT2D eigenvalue weighted by molar-refractivity contribution is -0.149. The summed E-state index contributed by atoms with van der Waals surface area (Å²) in [5.74, 6) is -1.15. The van der Waals surface area contributed by atoms with Crippen LogP contribution >= 0.6 is 27.7 Å². The van der Waals surface area contributed by atoms with Gasteiger partial charge in [0.05, 0.1) is 5.56 Å². The smallest absolute Gasteiger partial charge is 0.329 e. The first-order chi connectivity index (χ1) is 10.5. The summed E-state index contributed by atoms with van der Waals surface area (Å²) in [5.41, 5.74) is 5.36. The van der Waals surface area contributed by atoms with E-state index in [4.69, 9.17) is 10.5 Å². The minimum absolute atomic E-state index is 0.394. The van der Waals surface area contributed by atoms with Crippen LogP contribution < -0.4 is 11.1 Å². The third-order valence-electron chi connectivity index (χ3n) is 2.68. The van der Waals surface area contributed by atoms with Crippen LogP contribution in [0.3, 0.4) is 0 Å². The molecule has 0 saturated carbocycles. The number of amides is 2. The number of halogens is 1. The zero-order valence-corrected chi connectivity index (χ0v) is 14.4. The van der Waals surface area contributed by atoms with Gasteiger partial charge in [-0.05, 0) is 46.5 Å². The Labute approximate surface area is 141 Å². The number of hydrogen-bond acceptors (Lipinski definition) is 5. The number of thioether (sulfide) groups is 1. The molecule has 8 heteroatoms. The summed E-state index contributed by atoms with van der Waals surface area (Å²) in [4.78, 5) is 34.8. The van der Waals surface area contributed by atoms with E-state index in [0.717, 1.165) is 0 Å². The number of nitrogens with two attached hydrogens (primary N) is 1. The van der Waals surface area contributed by atoms with Crippen LogP contribution in [0.5, 0.6) is 0 Å². The Morgan fingerprint density at radius 3 is 2.64 bits per heavy atom. The van der Waals surface area contributed by atoms with E-state index in [1.54, 1.807) is 24.3 Å². The number of carbonyl (C=O) groups excluding carboxylic acids is 3. The molecule has 2 amide bonds. The van der Waals surface area contributed by atoms with Gasteiger partial charge in [-0.3, -0.25) is 9.59 Å². The molecule has 0 bridgehead atoms. The average Bonchev–Trinajstić information content (AvgIpc) is 2.49. The second-order valence-electron chi connectivity index (χ2n) is 4.36. The molecule has 0 aliphatic carbocycles. The number of hydrogen-bond donors (Lipinski definition) is 2. The van der Waals surface area contributed by atoms with Gasteiger partial charge in [0, 0.05) is 4.47 Å². The van der Waals surface area contributed by atoms with Crippen molar-refractivity contribution >= 4 is 45.5 Å². The second-order valence-corrected chi connectivity index (χ2v) is 6.20. The van der Waals surface area contributed by atoms with Gasteiger partial charge in [-0.25, -0.2) is 4.79 Å². The van der Waals surface area contributed by atoms with E-state index in [2.05, 4.69) is 21.2 Å². The van der Waals surface area contributed by atoms with E-state index in [1.807, 2.05) is 6.26 Å². The fraction of sp³-hybridized carbons (Fsp3) is 0.357. The molecule has 120 valence electrons. The number of esters is 1. The summed E-state index contributed by atoms with van der Waals surface area (Å²) in [6, 6.07) is 6.05. The predicted molar refractivity (Wildman–Crippen MR) is 88.5 cm³/mol. The van der Waals surface area contributed by atoms with E-state index >= 15 is 0 Å². The maximum absolute atomic E-state index is 12.2. The normalized spacial score (nSPS) is 11.5. The molecule has 0 aliphatic rings. The highest BCUT2D eigenvalue weighted by molar-refractivity contribution is 9.10. The highest BCUT2D eigenvalue weighted by Gasteiger charge is 2.23. The molecule has 0 saturated heterocycles. The highest BCUT2D eigenvalue weighted by atomic mass is 79.9. The molecule has 0 fully saturated rings. The highest BCUT2D eigenvalue weighted by Crippen LogP contribution is 2.16. The Morgan fingerprint density at radius 2 is 2.05 bits per heavy atom. The van der Waals surface area contributed by atoms with Gasteiger partial charge in [0.15, 0.2) is 6.61 Å². The summed E-state index contributed by atoms with van der Waals surface area (Å²) in [5, 5.41) is 2.62. The third-order valence-corrected chi connectivity index (χ3v) is 4.01. The summed E-state index contributed by atoms with van der Waals surface area (Å²) < 4.78 is 5.41. The Morgan fingerprint density at radius 1 is 1.36 bits per heavy atom. The molecule has 3 N–H and O–H groups in total. The van der Waals surface area contributed by atoms with Crippen LogP contribution in [0.4, 0.5) is 0 Å². The number of carbonyl (C=O) groups is 3. The van der Waals surface area contributed by atoms with E-state index in [-0.39, 0.29) is 0 Å². The second kappa shape index (κ2) is 9.47. The molecule has 6 nitrogen and oxygen atoms in total. The number of ether oxygens (including phenoxy) is 1. The van der Waals surface area contributed by atoms with Crippen LogP contribution in [0, 0.1) is 0 Å². The molecular formula is C14H17BrN2O4S. The van der Waals surface area contributed by atoms with Gasteiger partial charge in [0.25, 0.3) is 11.8 Å². The van der Waals surface area contributed by atoms with Gasteiger partial charge in [-0.15, -0.1) is 0 Å². The van der Waals surface area contributed by atoms with Crippen molar-refractivity contribution in [1.82, 2.24) is 5.32 Å². The third kappa shape index (κ3) is 6.07. The largest absolute Gasteiger partial charge is 0.454 e. The van der Waals surface area contributed by atoms with Crippen molar-refractivity contribution in [1.29, 1.82) is 0 Å². The first-order valence-electron chi connectivity index (χ1n) is 6.45. The Hall–Kier alpha value is -1.54. The molecule has 0 aliphatic heterocycles. The minimum Gasteiger partial charge on any atom is -0.454 e. The van der Waals surface area contributed by atoms with E-state index in [9.17, 15) is 14.4 Å². The van der Waals surface area contributed by atoms with Crippen LogP contribution in [-0.4, -0.2) is 42.4 Å². The lowest BCUT2D eigenvalue weighted by Crippen LogP contribution is -2.43. The lowest BCUT2D eigenvalue weighted by atomic mass is 10.1. The quantitative estimate of drug-likeness (QED) is 0.654. The molecule has 1 aromatic carbocycles. The van der Waals surface area contributed by atoms with Crippen molar-refractivity contribution in [2.24, 2.45) is 5.73 Å². The first-order valence-corrected chi connectivity index (χ1v) is 8.63. The van der Waals surface area contributed by atoms with Crippen LogP contribution in [0.25, 0.3) is 0 Å². The molecular weight excluding hydrogens is 372 g/mol. The molecule has 0 spiro atoms. The van der Waals surface area contributed by atoms with Crippen molar-refractivity contribution in [3.8, 4) is 0 Å². The van der Waals surface area contributed by atoms with Crippen molar-refractivity contribution in [2.45, 2.75) is 12.5 Å². The van der Waals surface area contributed by atoms with Gasteiger partial charge in [-0.1, -0.05) is 12.1 Å². The fourth-order valence-corrected chi connectivity index (χ4v) is 2.55. The fourth-order valence-electron chi connectivity index (χ4n) is 1.61. The Balaban J connectivity index is 2.75. The molecule has 22 heavy (non-hydrogen) atoms. The minimum atomic E-state index is -0.827. The monoisotopic (exact) mass is 388 g/mol. The maximum atomic E-state index is 12.2. The molecule has 1 aromatic rings. The summed E-state index contributed by atoms with van der Waals surface area (Å²) in [6.45, 7) is -0.500. The molecule has 1 atom stereocenters. The summed E-state index contributed by atoms with van der Waals surface area (Å²) >= 11 is 4.82. The van der Waals surface area contributed by atoms with Gasteiger partial charge in [0.1, 0.15) is 6.04 Å². The van der Waals surface area contributed by atoms with Crippen molar-refractivity contribution in [3.05, 3.63) is 34.3 Å². The maximum Gasteiger partial charge on any atom is 0.329 e. The molecule has 0 radical (unpaired) electrons. The molecule has 0 heterocycles. The number of primary amides is 1. The lowest BCUT2D eigenvalue weighted by Gasteiger charge is -2.17. The number of rotatable bonds is 8. The van der Waals surface area contributed by atoms with Crippen molar-refractivity contribution < 1.29 is 19.1 Å². The zero-order valence-electron chi connectivity index (χ0n) is 12.0. The topological polar surface area (TPSA) is 98.5 Å². The summed E-state index contributed by atoms with van der Waals surface area (Å²) in [6.07, 6.45) is 2.29. The first kappa shape index (κ1) is 18.5. The van der Waals surface area contributed by atoms with Gasteiger partial charge in [-0.2, -0.15) is 11.8 Å². The summed E-state index contributed by atoms with van der Waals surface area (Å²) in [7, 11) is 0. The molecule has 0 unspecified atom stereocenters. The standard InChI is InChI=1S/C14H17BrN2O4S/c1-22-7-6-11(14(20)21-8-12(16)18)17-13(19)9-4-2-3-5-10(9)15/h2-5,11H,6-8H2,1H3,(H2,16,18)(H,17,19)/t11-/m1/s1. The molecule has 0 aromatic heterocycles. The van der Waals surface area contributed by atoms with Crippen LogP contribution in [0.15, 0.2) is 28.7 Å². The van der Waals surface area contributed by atoms with Crippen LogP contribution in [-0.2, 0) is 14.3 Å². The number of nitrogens with one attached hydrogen (secondary N) is 1. The van der Waals surface area contributed by atoms with Gasteiger partial charge >= 0.3 is 5.97 Å². The predicted octanol–water partition coefficient (Wildman–Crippen LogP) is 1.33. The van der Waals surface area contributed by atoms with E-state index in [0.29, 0.717) is 22.2 Å². The van der Waals surface area contributed by atoms with E-state index < -0.39 is 30.4 Å².